The molecule has 1 heterocycles. The van der Waals surface area contributed by atoms with Crippen LogP contribution in [0.4, 0.5) is 5.69 Å². The summed E-state index contributed by atoms with van der Waals surface area (Å²) in [5.41, 5.74) is 0.529. The van der Waals surface area contributed by atoms with Gasteiger partial charge < -0.3 is 15.2 Å². The van der Waals surface area contributed by atoms with E-state index >= 15 is 0 Å². The average molecular weight is 415 g/mol. The van der Waals surface area contributed by atoms with Crippen LogP contribution < -0.4 is 10.0 Å². The number of hydrogen-bond donors (Lipinski definition) is 3. The second-order valence-electron chi connectivity index (χ2n) is 6.40. The highest BCUT2D eigenvalue weighted by Crippen LogP contribution is 2.17. The minimum atomic E-state index is -3.47. The highest BCUT2D eigenvalue weighted by molar-refractivity contribution is 7.89. The number of rotatable bonds is 8. The number of benzene rings is 1. The second-order valence-corrected chi connectivity index (χ2v) is 8.29. The SMILES string of the molecule is CCC(CCO)C(=O)Nc1ccc(S(=O)(=O)NC)cc1.CCC1CCOC1=O. The minimum absolute atomic E-state index is 0.00694. The summed E-state index contributed by atoms with van der Waals surface area (Å²) in [6, 6.07) is 5.92. The van der Waals surface area contributed by atoms with Crippen molar-refractivity contribution < 1.29 is 27.9 Å². The maximum absolute atomic E-state index is 11.9. The second kappa shape index (κ2) is 11.8. The zero-order valence-corrected chi connectivity index (χ0v) is 17.4. The van der Waals surface area contributed by atoms with E-state index in [1.54, 1.807) is 0 Å². The predicted octanol–water partition coefficient (Wildman–Crippen LogP) is 1.90. The Kier molecular flexibility index (Phi) is 10.1. The standard InChI is InChI=1S/C13H20N2O4S.C6H10O2/c1-3-10(8-9-16)13(17)15-11-4-6-12(7-5-11)20(18,19)14-2;1-2-5-3-4-8-6(5)7/h4-7,10,14,16H,3,8-9H2,1-2H3,(H,15,17);5H,2-4H2,1H3. The van der Waals surface area contributed by atoms with Crippen molar-refractivity contribution in [3.63, 3.8) is 0 Å². The Labute approximate surface area is 166 Å². The average Bonchev–Trinajstić information content (AvgIpc) is 3.11. The van der Waals surface area contributed by atoms with Crippen LogP contribution in [0.5, 0.6) is 0 Å². The fourth-order valence-corrected chi connectivity index (χ4v) is 3.39. The van der Waals surface area contributed by atoms with Gasteiger partial charge in [0.1, 0.15) is 0 Å². The van der Waals surface area contributed by atoms with Crippen LogP contribution in [0.2, 0.25) is 0 Å². The number of amides is 1. The number of carbonyl (C=O) groups is 2. The molecule has 2 atom stereocenters. The van der Waals surface area contributed by atoms with Crippen LogP contribution in [-0.4, -0.2) is 45.7 Å². The Bertz CT molecular complexity index is 733. The number of esters is 1. The third-order valence-corrected chi connectivity index (χ3v) is 6.01. The number of ether oxygens (including phenoxy) is 1. The van der Waals surface area contributed by atoms with Crippen molar-refractivity contribution in [3.05, 3.63) is 24.3 Å². The fourth-order valence-electron chi connectivity index (χ4n) is 2.66. The van der Waals surface area contributed by atoms with Gasteiger partial charge in [0.15, 0.2) is 0 Å². The van der Waals surface area contributed by atoms with E-state index in [1.165, 1.54) is 31.3 Å². The predicted molar refractivity (Wildman–Crippen MR) is 106 cm³/mol. The molecule has 0 aliphatic carbocycles. The Balaban J connectivity index is 0.000000406. The lowest BCUT2D eigenvalue weighted by atomic mass is 10.0. The molecule has 8 nitrogen and oxygen atoms in total. The molecular weight excluding hydrogens is 384 g/mol. The topological polar surface area (TPSA) is 122 Å². The van der Waals surface area contributed by atoms with Crippen molar-refractivity contribution in [3.8, 4) is 0 Å². The van der Waals surface area contributed by atoms with Crippen LogP contribution in [0.1, 0.15) is 39.5 Å². The summed E-state index contributed by atoms with van der Waals surface area (Å²) in [6.07, 6.45) is 2.90. The van der Waals surface area contributed by atoms with Crippen LogP contribution in [0.15, 0.2) is 29.2 Å². The summed E-state index contributed by atoms with van der Waals surface area (Å²) < 4.78 is 30.0. The smallest absolute Gasteiger partial charge is 0.309 e. The molecule has 2 rings (SSSR count). The monoisotopic (exact) mass is 414 g/mol. The van der Waals surface area contributed by atoms with Gasteiger partial charge in [-0.05, 0) is 57.0 Å². The molecule has 1 aliphatic heterocycles. The summed E-state index contributed by atoms with van der Waals surface area (Å²) in [4.78, 5) is 22.6. The van der Waals surface area contributed by atoms with E-state index in [0.717, 1.165) is 12.8 Å². The van der Waals surface area contributed by atoms with E-state index in [0.29, 0.717) is 25.1 Å². The minimum Gasteiger partial charge on any atom is -0.465 e. The Morgan fingerprint density at radius 1 is 1.29 bits per heavy atom. The first kappa shape index (κ1) is 24.1. The van der Waals surface area contributed by atoms with Crippen molar-refractivity contribution in [2.24, 2.45) is 11.8 Å². The van der Waals surface area contributed by atoms with Crippen molar-refractivity contribution in [1.29, 1.82) is 0 Å². The first-order valence-electron chi connectivity index (χ1n) is 9.40. The molecule has 0 bridgehead atoms. The Hall–Kier alpha value is -1.97. The van der Waals surface area contributed by atoms with E-state index in [1.807, 2.05) is 13.8 Å². The molecule has 1 aromatic carbocycles. The molecule has 0 saturated carbocycles. The lowest BCUT2D eigenvalue weighted by Crippen LogP contribution is -2.23. The molecule has 1 fully saturated rings. The van der Waals surface area contributed by atoms with Crippen molar-refractivity contribution in [2.45, 2.75) is 44.4 Å². The summed E-state index contributed by atoms with van der Waals surface area (Å²) >= 11 is 0. The van der Waals surface area contributed by atoms with E-state index in [-0.39, 0.29) is 35.2 Å². The molecular formula is C19H30N2O6S. The molecule has 0 spiro atoms. The van der Waals surface area contributed by atoms with Crippen LogP contribution in [0.3, 0.4) is 0 Å². The first-order valence-corrected chi connectivity index (χ1v) is 10.9. The molecule has 1 saturated heterocycles. The van der Waals surface area contributed by atoms with E-state index in [2.05, 4.69) is 10.0 Å². The van der Waals surface area contributed by atoms with Gasteiger partial charge >= 0.3 is 5.97 Å². The third-order valence-electron chi connectivity index (χ3n) is 4.58. The molecule has 0 radical (unpaired) electrons. The molecule has 1 aliphatic rings. The van der Waals surface area contributed by atoms with E-state index in [4.69, 9.17) is 9.84 Å². The van der Waals surface area contributed by atoms with Crippen molar-refractivity contribution in [2.75, 3.05) is 25.6 Å². The number of cyclic esters (lactones) is 1. The largest absolute Gasteiger partial charge is 0.465 e. The summed E-state index contributed by atoms with van der Waals surface area (Å²) in [7, 11) is -2.13. The fraction of sp³-hybridized carbons (Fsp3) is 0.579. The molecule has 2 unspecified atom stereocenters. The lowest BCUT2D eigenvalue weighted by Gasteiger charge is -2.13. The number of aliphatic hydroxyl groups is 1. The summed E-state index contributed by atoms with van der Waals surface area (Å²) in [6.45, 7) is 4.49. The highest BCUT2D eigenvalue weighted by Gasteiger charge is 2.23. The zero-order chi connectivity index (χ0) is 21.2. The van der Waals surface area contributed by atoms with Gasteiger partial charge in [0.25, 0.3) is 0 Å². The van der Waals surface area contributed by atoms with Crippen LogP contribution in [0.25, 0.3) is 0 Å². The maximum Gasteiger partial charge on any atom is 0.309 e. The molecule has 3 N–H and O–H groups in total. The number of carbonyl (C=O) groups excluding carboxylic acids is 2. The zero-order valence-electron chi connectivity index (χ0n) is 16.6. The molecule has 1 aromatic rings. The van der Waals surface area contributed by atoms with Crippen LogP contribution in [0, 0.1) is 11.8 Å². The third kappa shape index (κ3) is 7.21. The summed E-state index contributed by atoms with van der Waals surface area (Å²) in [5, 5.41) is 11.6. The van der Waals surface area contributed by atoms with Crippen molar-refractivity contribution >= 4 is 27.6 Å². The first-order chi connectivity index (χ1) is 13.3. The number of aliphatic hydroxyl groups excluding tert-OH is 1. The van der Waals surface area contributed by atoms with Gasteiger partial charge in [-0.2, -0.15) is 0 Å². The maximum atomic E-state index is 11.9. The normalized spacial score (nSPS) is 17.3. The summed E-state index contributed by atoms with van der Waals surface area (Å²) in [5.74, 6) is -0.228. The number of sulfonamides is 1. The Morgan fingerprint density at radius 3 is 2.32 bits per heavy atom. The van der Waals surface area contributed by atoms with Gasteiger partial charge in [0, 0.05) is 18.2 Å². The number of nitrogens with one attached hydrogen (secondary N) is 2. The number of anilines is 1. The van der Waals surface area contributed by atoms with Gasteiger partial charge in [-0.15, -0.1) is 0 Å². The van der Waals surface area contributed by atoms with Crippen molar-refractivity contribution in [1.82, 2.24) is 4.72 Å². The van der Waals surface area contributed by atoms with E-state index in [9.17, 15) is 18.0 Å². The van der Waals surface area contributed by atoms with Crippen LogP contribution >= 0.6 is 0 Å². The Morgan fingerprint density at radius 2 is 1.93 bits per heavy atom. The quantitative estimate of drug-likeness (QED) is 0.559. The lowest BCUT2D eigenvalue weighted by molar-refractivity contribution is -0.141. The van der Waals surface area contributed by atoms with Crippen LogP contribution in [-0.2, 0) is 24.3 Å². The van der Waals surface area contributed by atoms with Gasteiger partial charge in [-0.25, -0.2) is 13.1 Å². The highest BCUT2D eigenvalue weighted by atomic mass is 32.2. The van der Waals surface area contributed by atoms with Gasteiger partial charge in [0.05, 0.1) is 17.4 Å². The van der Waals surface area contributed by atoms with Gasteiger partial charge in [-0.1, -0.05) is 13.8 Å². The van der Waals surface area contributed by atoms with Gasteiger partial charge in [0.2, 0.25) is 15.9 Å². The molecule has 158 valence electrons. The van der Waals surface area contributed by atoms with E-state index < -0.39 is 10.0 Å². The molecule has 1 amide bonds. The molecule has 28 heavy (non-hydrogen) atoms. The van der Waals surface area contributed by atoms with Gasteiger partial charge in [-0.3, -0.25) is 9.59 Å². The molecule has 9 heteroatoms. The number of hydrogen-bond acceptors (Lipinski definition) is 6. The molecule has 0 aromatic heterocycles.